The van der Waals surface area contributed by atoms with Crippen molar-refractivity contribution in [2.45, 2.75) is 0 Å². The Bertz CT molecular complexity index is 2420. The van der Waals surface area contributed by atoms with E-state index in [0.717, 1.165) is 0 Å². The molecule has 0 saturated heterocycles. The smallest absolute Gasteiger partial charge is 0.165 e. The van der Waals surface area contributed by atoms with E-state index in [2.05, 4.69) is 29.9 Å². The highest BCUT2D eigenvalue weighted by atomic mass is 35.5. The Morgan fingerprint density at radius 2 is 0.333 bits per heavy atom. The number of halogens is 6. The average molecular weight is 934 g/mol. The van der Waals surface area contributed by atoms with Crippen LogP contribution in [-0.2, 0) is 0 Å². The van der Waals surface area contributed by atoms with E-state index in [1.165, 1.54) is 42.7 Å². The van der Waals surface area contributed by atoms with Crippen LogP contribution in [0.3, 0.4) is 0 Å². The van der Waals surface area contributed by atoms with Crippen molar-refractivity contribution >= 4 is 136 Å². The quantitative estimate of drug-likeness (QED) is 0.0977. The lowest BCUT2D eigenvalue weighted by Gasteiger charge is -2.11. The number of hydrogen-bond donors (Lipinski definition) is 6. The number of aromatic nitrogens is 6. The van der Waals surface area contributed by atoms with Crippen LogP contribution < -0.4 is 28.4 Å². The summed E-state index contributed by atoms with van der Waals surface area (Å²) >= 11 is 40.6. The van der Waals surface area contributed by atoms with E-state index in [0.29, 0.717) is 131 Å². The second kappa shape index (κ2) is 18.1. The minimum Gasteiger partial charge on any atom is -0.492 e. The third-order valence-electron chi connectivity index (χ3n) is 9.16. The third kappa shape index (κ3) is 8.76. The number of H-pyrrole nitrogens is 6. The first-order chi connectivity index (χ1) is 28.9. The van der Waals surface area contributed by atoms with Gasteiger partial charge in [0.05, 0.1) is 109 Å². The average Bonchev–Trinajstić information content (AvgIpc) is 3.17. The maximum absolute atomic E-state index is 6.76. The van der Waals surface area contributed by atoms with Gasteiger partial charge in [0.15, 0.2) is 34.5 Å². The van der Waals surface area contributed by atoms with Gasteiger partial charge in [-0.25, -0.2) is 0 Å². The molecule has 0 saturated carbocycles. The molecule has 0 fully saturated rings. The molecule has 1 aromatic heterocycles. The maximum atomic E-state index is 6.76. The van der Waals surface area contributed by atoms with Gasteiger partial charge in [-0.15, -0.1) is 0 Å². The lowest BCUT2D eigenvalue weighted by Crippen LogP contribution is -1.94. The second-order valence-corrected chi connectivity index (χ2v) is 15.6. The number of methoxy groups -OCH3 is 6. The molecule has 7 rings (SSSR count). The Labute approximate surface area is 372 Å². The summed E-state index contributed by atoms with van der Waals surface area (Å²) in [5, 5.41) is 2.23. The van der Waals surface area contributed by atoms with E-state index < -0.39 is 0 Å². The Balaban J connectivity index is 1.79. The molecule has 0 aliphatic rings. The minimum atomic E-state index is 0.371. The van der Waals surface area contributed by atoms with Gasteiger partial charge in [-0.2, -0.15) is 0 Å². The van der Waals surface area contributed by atoms with Crippen LogP contribution >= 0.6 is 69.6 Å². The van der Waals surface area contributed by atoms with Gasteiger partial charge in [0.25, 0.3) is 0 Å². The van der Waals surface area contributed by atoms with Crippen molar-refractivity contribution in [3.63, 3.8) is 0 Å². The number of benzene rings is 6. The summed E-state index contributed by atoms with van der Waals surface area (Å²) in [5.41, 5.74) is 5.65. The zero-order chi connectivity index (χ0) is 42.8. The number of hydrogen-bond acceptors (Lipinski definition) is 6. The van der Waals surface area contributed by atoms with Gasteiger partial charge in [-0.1, -0.05) is 69.6 Å². The first-order valence-corrected chi connectivity index (χ1v) is 20.0. The third-order valence-corrected chi connectivity index (χ3v) is 10.5. The number of rotatable bonds is 6. The van der Waals surface area contributed by atoms with Crippen molar-refractivity contribution in [1.29, 1.82) is 0 Å². The van der Waals surface area contributed by atoms with E-state index >= 15 is 0 Å². The lowest BCUT2D eigenvalue weighted by atomic mass is 10.2. The largest absolute Gasteiger partial charge is 0.492 e. The summed E-state index contributed by atoms with van der Waals surface area (Å²) in [7, 11) is 9.21. The molecule has 6 N–H and O–H groups in total. The molecule has 312 valence electrons. The predicted molar refractivity (Wildman–Crippen MR) is 246 cm³/mol. The zero-order valence-corrected chi connectivity index (χ0v) is 37.2. The molecule has 18 heteroatoms. The van der Waals surface area contributed by atoms with Crippen LogP contribution in [0.15, 0.2) is 72.8 Å². The van der Waals surface area contributed by atoms with Crippen LogP contribution in [0.1, 0.15) is 0 Å². The molecule has 0 unspecified atom stereocenters. The van der Waals surface area contributed by atoms with Crippen LogP contribution in [0.2, 0.25) is 30.1 Å². The Morgan fingerprint density at radius 3 is 0.417 bits per heavy atom. The molecule has 60 heavy (non-hydrogen) atoms. The Morgan fingerprint density at radius 1 is 0.233 bits per heavy atom. The highest BCUT2D eigenvalue weighted by Gasteiger charge is 2.14. The normalized spacial score (nSPS) is 11.0. The molecule has 7 aromatic rings. The fourth-order valence-corrected chi connectivity index (χ4v) is 8.18. The lowest BCUT2D eigenvalue weighted by molar-refractivity contribution is 0.419. The van der Waals surface area contributed by atoms with E-state index in [4.69, 9.17) is 98.0 Å². The fourth-order valence-electron chi connectivity index (χ4n) is 6.87. The van der Waals surface area contributed by atoms with Gasteiger partial charge in [0.2, 0.25) is 0 Å². The summed E-state index contributed by atoms with van der Waals surface area (Å²) in [5.74, 6) is 2.33. The molecule has 0 aliphatic carbocycles. The number of ether oxygens (including phenoxy) is 6. The van der Waals surface area contributed by atoms with Crippen molar-refractivity contribution in [3.8, 4) is 34.5 Å². The Hall–Kier alpha value is -5.34. The summed E-state index contributed by atoms with van der Waals surface area (Å²) in [6.07, 6.45) is 0. The van der Waals surface area contributed by atoms with Crippen LogP contribution in [0.5, 0.6) is 34.5 Å². The van der Waals surface area contributed by atoms with E-state index in [1.54, 1.807) is 72.8 Å². The number of fused-ring (bicyclic) bond motifs is 12. The summed E-state index contributed by atoms with van der Waals surface area (Å²) in [6, 6.07) is 20.4. The summed E-state index contributed by atoms with van der Waals surface area (Å²) < 4.78 is 35.8. The van der Waals surface area contributed by atoms with Crippen LogP contribution in [0, 0.1) is 0 Å². The molecular weight excluding hydrogens is 897 g/mol. The van der Waals surface area contributed by atoms with E-state index in [-0.39, 0.29) is 0 Å². The number of nitrogens with one attached hydrogen (secondary N) is 6. The minimum absolute atomic E-state index is 0.371. The molecule has 6 aromatic carbocycles. The first kappa shape index (κ1) is 42.8. The van der Waals surface area contributed by atoms with Crippen molar-refractivity contribution in [2.24, 2.45) is 0 Å². The topological polar surface area (TPSA) is 150 Å². The molecule has 0 spiro atoms. The monoisotopic (exact) mass is 930 g/mol. The molecule has 12 nitrogen and oxygen atoms in total. The van der Waals surface area contributed by atoms with E-state index in [1.807, 2.05) is 0 Å². The summed E-state index contributed by atoms with van der Waals surface area (Å²) in [4.78, 5) is 20.4. The van der Waals surface area contributed by atoms with Gasteiger partial charge in [0, 0.05) is 30.1 Å². The van der Waals surface area contributed by atoms with Crippen LogP contribution in [0.25, 0.3) is 66.2 Å². The second-order valence-electron chi connectivity index (χ2n) is 13.0. The summed E-state index contributed by atoms with van der Waals surface area (Å²) in [6.45, 7) is 0. The molecular formula is C42H36Cl6N6O6. The van der Waals surface area contributed by atoms with Gasteiger partial charge in [0.1, 0.15) is 0 Å². The van der Waals surface area contributed by atoms with Crippen molar-refractivity contribution in [1.82, 2.24) is 29.9 Å². The van der Waals surface area contributed by atoms with E-state index in [9.17, 15) is 0 Å². The maximum Gasteiger partial charge on any atom is 0.165 e. The number of aromatic amines is 6. The standard InChI is InChI=1S/C42H36Cl6N6O6/c1-55-37-25-7-19(43)8-26(37)50-28-10-21(45)12-30(39(28)57-3)52-32-14-23(47)16-34(41(32)59-5)54-36-18-24(48)17-35(42(36)60-6)53-33-15-22(46)13-31(40(33)58-4)51-29-11-20(44)9-27(49-25)38(29)56-2/h7-18,49-54H,1-6H3. The van der Waals surface area contributed by atoms with Crippen LogP contribution in [-0.4, -0.2) is 72.6 Å². The van der Waals surface area contributed by atoms with Crippen molar-refractivity contribution in [3.05, 3.63) is 103 Å². The molecule has 12 bridgehead atoms. The Kier molecular flexibility index (Phi) is 12.9. The van der Waals surface area contributed by atoms with Gasteiger partial charge < -0.3 is 58.3 Å². The molecule has 0 amide bonds. The van der Waals surface area contributed by atoms with Crippen molar-refractivity contribution in [2.75, 3.05) is 42.7 Å². The highest BCUT2D eigenvalue weighted by Crippen LogP contribution is 2.37. The zero-order valence-electron chi connectivity index (χ0n) is 32.6. The SMILES string of the molecule is COc1c2cc(Cl)cc1[nH]c1cc(Cl)cc([nH]c3cc(Cl)cc([nH]c4cc(Cl)cc([nH]c5cc(Cl)cc([nH]c6cc(Cl)cc([nH]2)c6OC)c5OC)c4OC)c3OC)c1OC. The fraction of sp³-hybridized carbons (Fsp3) is 0.143. The van der Waals surface area contributed by atoms with Crippen molar-refractivity contribution < 1.29 is 28.4 Å². The predicted octanol–water partition coefficient (Wildman–Crippen LogP) is 13.6. The first-order valence-electron chi connectivity index (χ1n) is 17.7. The highest BCUT2D eigenvalue weighted by molar-refractivity contribution is 6.33. The molecule has 0 aliphatic heterocycles. The molecule has 0 radical (unpaired) electrons. The van der Waals surface area contributed by atoms with Gasteiger partial charge >= 0.3 is 0 Å². The molecule has 1 heterocycles. The molecule has 0 atom stereocenters. The van der Waals surface area contributed by atoms with Gasteiger partial charge in [-0.05, 0) is 72.8 Å². The van der Waals surface area contributed by atoms with Crippen LogP contribution in [0.4, 0.5) is 0 Å². The van der Waals surface area contributed by atoms with Gasteiger partial charge in [-0.3, -0.25) is 0 Å².